The maximum atomic E-state index is 9.25. The maximum absolute atomic E-state index is 9.25. The van der Waals surface area contributed by atoms with Gasteiger partial charge in [-0.2, -0.15) is 0 Å². The van der Waals surface area contributed by atoms with Gasteiger partial charge < -0.3 is 15.2 Å². The van der Waals surface area contributed by atoms with E-state index < -0.39 is 0 Å². The molecule has 0 saturated heterocycles. The van der Waals surface area contributed by atoms with Crippen molar-refractivity contribution in [3.63, 3.8) is 0 Å². The first-order valence-corrected chi connectivity index (χ1v) is 6.75. The molecule has 1 rings (SSSR count). The number of ether oxygens (including phenoxy) is 1. The Hall–Kier alpha value is -0.840. The lowest BCUT2D eigenvalue weighted by atomic mass is 10.1. The Morgan fingerprint density at radius 2 is 2.22 bits per heavy atom. The summed E-state index contributed by atoms with van der Waals surface area (Å²) in [5.41, 5.74) is 0.922. The molecule has 0 atom stereocenters. The van der Waals surface area contributed by atoms with Gasteiger partial charge >= 0.3 is 0 Å². The van der Waals surface area contributed by atoms with Gasteiger partial charge in [-0.05, 0) is 32.0 Å². The minimum absolute atomic E-state index is 0.143. The van der Waals surface area contributed by atoms with Crippen molar-refractivity contribution in [1.82, 2.24) is 0 Å². The number of halogens is 1. The van der Waals surface area contributed by atoms with Crippen LogP contribution >= 0.6 is 15.9 Å². The van der Waals surface area contributed by atoms with E-state index in [2.05, 4.69) is 27.8 Å². The quantitative estimate of drug-likeness (QED) is 0.754. The highest BCUT2D eigenvalue weighted by Crippen LogP contribution is 2.22. The summed E-state index contributed by atoms with van der Waals surface area (Å²) in [7, 11) is 0. The third-order valence-corrected chi connectivity index (χ3v) is 3.15. The second kappa shape index (κ2) is 6.92. The number of hydrogen-bond donors (Lipinski definition) is 2. The van der Waals surface area contributed by atoms with Crippen molar-refractivity contribution in [2.24, 2.45) is 0 Å². The summed E-state index contributed by atoms with van der Waals surface area (Å²) in [6, 6.07) is 5.95. The van der Waals surface area contributed by atoms with Crippen molar-refractivity contribution in [2.45, 2.75) is 25.9 Å². The van der Waals surface area contributed by atoms with Crippen LogP contribution in [0.25, 0.3) is 0 Å². The van der Waals surface area contributed by atoms with Crippen molar-refractivity contribution >= 4 is 15.9 Å². The van der Waals surface area contributed by atoms with Gasteiger partial charge in [-0.3, -0.25) is 0 Å². The summed E-state index contributed by atoms with van der Waals surface area (Å²) in [5, 5.41) is 11.4. The number of aliphatic hydroxyl groups is 1. The smallest absolute Gasteiger partial charge is 0.128 e. The Labute approximate surface area is 117 Å². The Morgan fingerprint density at radius 3 is 2.83 bits per heavy atom. The van der Waals surface area contributed by atoms with Crippen LogP contribution in [0.15, 0.2) is 35.3 Å². The highest BCUT2D eigenvalue weighted by molar-refractivity contribution is 9.10. The molecule has 3 nitrogen and oxygen atoms in total. The minimum Gasteiger partial charge on any atom is -0.489 e. The molecule has 18 heavy (non-hydrogen) atoms. The van der Waals surface area contributed by atoms with Crippen LogP contribution < -0.4 is 10.1 Å². The standard InChI is InChI=1S/C14H20BrNO2/c1-4-7-18-13-6-5-12(15)8-11(13)9-16-14(2,3)10-17/h4-6,8,16-17H,1,7,9-10H2,2-3H3/p+1. The first-order valence-electron chi connectivity index (χ1n) is 5.96. The van der Waals surface area contributed by atoms with Crippen LogP contribution in [-0.2, 0) is 6.54 Å². The zero-order valence-electron chi connectivity index (χ0n) is 10.9. The van der Waals surface area contributed by atoms with Crippen LogP contribution in [0, 0.1) is 0 Å². The molecular weight excluding hydrogens is 294 g/mol. The van der Waals surface area contributed by atoms with Crippen molar-refractivity contribution in [2.75, 3.05) is 13.2 Å². The van der Waals surface area contributed by atoms with Crippen LogP contribution in [0.3, 0.4) is 0 Å². The van der Waals surface area contributed by atoms with E-state index in [1.54, 1.807) is 6.08 Å². The largest absolute Gasteiger partial charge is 0.489 e. The van der Waals surface area contributed by atoms with Crippen molar-refractivity contribution in [3.05, 3.63) is 40.9 Å². The lowest BCUT2D eigenvalue weighted by Gasteiger charge is -2.20. The fraction of sp³-hybridized carbons (Fsp3) is 0.429. The summed E-state index contributed by atoms with van der Waals surface area (Å²) in [5.74, 6) is 0.864. The molecule has 0 heterocycles. The minimum atomic E-state index is -0.183. The lowest BCUT2D eigenvalue weighted by Crippen LogP contribution is -2.95. The summed E-state index contributed by atoms with van der Waals surface area (Å²) in [4.78, 5) is 0. The predicted octanol–water partition coefficient (Wildman–Crippen LogP) is 1.85. The molecule has 0 unspecified atom stereocenters. The number of hydrogen-bond acceptors (Lipinski definition) is 2. The topological polar surface area (TPSA) is 46.1 Å². The molecule has 0 radical (unpaired) electrons. The van der Waals surface area contributed by atoms with Gasteiger partial charge in [-0.25, -0.2) is 0 Å². The van der Waals surface area contributed by atoms with E-state index in [1.807, 2.05) is 32.0 Å². The van der Waals surface area contributed by atoms with E-state index in [-0.39, 0.29) is 12.1 Å². The second-order valence-electron chi connectivity index (χ2n) is 4.91. The first kappa shape index (κ1) is 15.2. The number of rotatable bonds is 7. The third kappa shape index (κ3) is 4.80. The Balaban J connectivity index is 2.78. The molecule has 0 aliphatic rings. The predicted molar refractivity (Wildman–Crippen MR) is 76.6 cm³/mol. The normalized spacial score (nSPS) is 11.3. The molecule has 1 aromatic carbocycles. The molecule has 0 aliphatic heterocycles. The molecule has 0 bridgehead atoms. The van der Waals surface area contributed by atoms with Gasteiger partial charge in [0.05, 0.1) is 6.61 Å². The van der Waals surface area contributed by atoms with Gasteiger partial charge in [-0.15, -0.1) is 0 Å². The average Bonchev–Trinajstić information content (AvgIpc) is 2.35. The van der Waals surface area contributed by atoms with Crippen molar-refractivity contribution in [3.8, 4) is 5.75 Å². The van der Waals surface area contributed by atoms with Crippen LogP contribution in [0.2, 0.25) is 0 Å². The zero-order chi connectivity index (χ0) is 13.6. The van der Waals surface area contributed by atoms with E-state index in [1.165, 1.54) is 0 Å². The van der Waals surface area contributed by atoms with Crippen LogP contribution in [0.1, 0.15) is 19.4 Å². The van der Waals surface area contributed by atoms with Crippen molar-refractivity contribution < 1.29 is 15.2 Å². The molecule has 0 amide bonds. The van der Waals surface area contributed by atoms with E-state index in [0.29, 0.717) is 6.61 Å². The highest BCUT2D eigenvalue weighted by Gasteiger charge is 2.20. The summed E-state index contributed by atoms with van der Waals surface area (Å²) in [6.45, 7) is 9.07. The lowest BCUT2D eigenvalue weighted by molar-refractivity contribution is -0.736. The molecule has 4 heteroatoms. The average molecular weight is 315 g/mol. The number of quaternary nitrogens is 1. The SMILES string of the molecule is C=CCOc1ccc(Br)cc1C[NH2+]C(C)(C)CO. The Kier molecular flexibility index (Phi) is 5.85. The van der Waals surface area contributed by atoms with Crippen LogP contribution in [0.5, 0.6) is 5.75 Å². The van der Waals surface area contributed by atoms with Gasteiger partial charge in [0.2, 0.25) is 0 Å². The van der Waals surface area contributed by atoms with Gasteiger partial charge in [0, 0.05) is 10.0 Å². The third-order valence-electron chi connectivity index (χ3n) is 2.66. The molecule has 3 N–H and O–H groups in total. The van der Waals surface area contributed by atoms with Gasteiger partial charge in [-0.1, -0.05) is 28.6 Å². The fourth-order valence-corrected chi connectivity index (χ4v) is 1.86. The molecule has 0 aliphatic carbocycles. The Morgan fingerprint density at radius 1 is 1.50 bits per heavy atom. The zero-order valence-corrected chi connectivity index (χ0v) is 12.5. The van der Waals surface area contributed by atoms with Gasteiger partial charge in [0.25, 0.3) is 0 Å². The Bertz CT molecular complexity index is 405. The molecule has 1 aromatic rings. The van der Waals surface area contributed by atoms with Gasteiger partial charge in [0.1, 0.15) is 24.4 Å². The first-order chi connectivity index (χ1) is 8.48. The molecule has 0 fully saturated rings. The molecule has 100 valence electrons. The summed E-state index contributed by atoms with van der Waals surface area (Å²) < 4.78 is 6.65. The van der Waals surface area contributed by atoms with E-state index in [9.17, 15) is 5.11 Å². The van der Waals surface area contributed by atoms with Gasteiger partial charge in [0.15, 0.2) is 0 Å². The monoisotopic (exact) mass is 314 g/mol. The molecular formula is C14H21BrNO2+. The number of aliphatic hydroxyl groups excluding tert-OH is 1. The summed E-state index contributed by atoms with van der Waals surface area (Å²) in [6.07, 6.45) is 1.73. The summed E-state index contributed by atoms with van der Waals surface area (Å²) >= 11 is 3.46. The van der Waals surface area contributed by atoms with E-state index >= 15 is 0 Å². The second-order valence-corrected chi connectivity index (χ2v) is 5.82. The molecule has 0 saturated carbocycles. The number of benzene rings is 1. The maximum Gasteiger partial charge on any atom is 0.128 e. The molecule has 0 spiro atoms. The van der Waals surface area contributed by atoms with Crippen molar-refractivity contribution in [1.29, 1.82) is 0 Å². The van der Waals surface area contributed by atoms with E-state index in [4.69, 9.17) is 4.74 Å². The van der Waals surface area contributed by atoms with E-state index in [0.717, 1.165) is 22.3 Å². The van der Waals surface area contributed by atoms with Crippen LogP contribution in [0.4, 0.5) is 0 Å². The fourth-order valence-electron chi connectivity index (χ4n) is 1.45. The van der Waals surface area contributed by atoms with Crippen LogP contribution in [-0.4, -0.2) is 23.9 Å². The molecule has 0 aromatic heterocycles. The highest BCUT2D eigenvalue weighted by atomic mass is 79.9. The number of nitrogens with two attached hydrogens (primary N) is 1.